The number of nitrogens with zero attached hydrogens (tertiary/aromatic N) is 2. The van der Waals surface area contributed by atoms with E-state index in [1.165, 1.54) is 12.1 Å². The van der Waals surface area contributed by atoms with Gasteiger partial charge in [0, 0.05) is 23.7 Å². The maximum Gasteiger partial charge on any atom is 0.449 e. The molecule has 2 N–H and O–H groups in total. The van der Waals surface area contributed by atoms with Crippen molar-refractivity contribution in [1.29, 1.82) is 0 Å². The molecule has 0 bridgehead atoms. The molecular formula is C18H25Cl2F3N4O. The summed E-state index contributed by atoms with van der Waals surface area (Å²) >= 11 is 0. The number of imidazole rings is 1. The maximum atomic E-state index is 13.3. The van der Waals surface area contributed by atoms with Crippen LogP contribution in [-0.2, 0) is 6.18 Å². The van der Waals surface area contributed by atoms with E-state index in [4.69, 9.17) is 0 Å². The lowest BCUT2D eigenvalue weighted by Gasteiger charge is -2.30. The fourth-order valence-electron chi connectivity index (χ4n) is 3.46. The highest BCUT2D eigenvalue weighted by Crippen LogP contribution is 2.33. The molecule has 0 spiro atoms. The van der Waals surface area contributed by atoms with Crippen LogP contribution in [0.4, 0.5) is 13.2 Å². The molecule has 1 amide bonds. The van der Waals surface area contributed by atoms with Gasteiger partial charge in [-0.15, -0.1) is 24.8 Å². The quantitative estimate of drug-likeness (QED) is 0.745. The monoisotopic (exact) mass is 440 g/mol. The van der Waals surface area contributed by atoms with E-state index in [-0.39, 0.29) is 48.3 Å². The van der Waals surface area contributed by atoms with Crippen LogP contribution < -0.4 is 10.6 Å². The summed E-state index contributed by atoms with van der Waals surface area (Å²) in [6.45, 7) is 6.28. The molecule has 2 atom stereocenters. The van der Waals surface area contributed by atoms with Crippen molar-refractivity contribution in [2.45, 2.75) is 57.9 Å². The van der Waals surface area contributed by atoms with Crippen LogP contribution in [0, 0.1) is 0 Å². The summed E-state index contributed by atoms with van der Waals surface area (Å²) in [5, 5.41) is 6.27. The molecule has 3 rings (SSSR count). The van der Waals surface area contributed by atoms with Crippen LogP contribution in [0.15, 0.2) is 18.2 Å². The fourth-order valence-corrected chi connectivity index (χ4v) is 3.46. The summed E-state index contributed by atoms with van der Waals surface area (Å²) in [7, 11) is 0. The number of hydrogen-bond acceptors (Lipinski definition) is 3. The van der Waals surface area contributed by atoms with Crippen molar-refractivity contribution in [3.05, 3.63) is 29.6 Å². The molecule has 2 unspecified atom stereocenters. The van der Waals surface area contributed by atoms with Gasteiger partial charge >= 0.3 is 6.18 Å². The largest absolute Gasteiger partial charge is 0.449 e. The normalized spacial score (nSPS) is 19.8. The second-order valence-corrected chi connectivity index (χ2v) is 7.07. The molecule has 1 aliphatic rings. The number of aromatic nitrogens is 2. The van der Waals surface area contributed by atoms with Gasteiger partial charge < -0.3 is 15.2 Å². The third-order valence-electron chi connectivity index (χ3n) is 4.80. The van der Waals surface area contributed by atoms with E-state index >= 15 is 0 Å². The highest BCUT2D eigenvalue weighted by atomic mass is 35.5. The van der Waals surface area contributed by atoms with Gasteiger partial charge in [0.2, 0.25) is 5.82 Å². The summed E-state index contributed by atoms with van der Waals surface area (Å²) in [4.78, 5) is 16.3. The number of carbonyl (C=O) groups is 1. The summed E-state index contributed by atoms with van der Waals surface area (Å²) in [6, 6.07) is 4.29. The Labute approximate surface area is 174 Å². The van der Waals surface area contributed by atoms with Gasteiger partial charge in [0.05, 0.1) is 11.0 Å². The lowest BCUT2D eigenvalue weighted by molar-refractivity contribution is -0.147. The Balaban J connectivity index is 0.00000196. The Morgan fingerprint density at radius 2 is 2.00 bits per heavy atom. The zero-order valence-corrected chi connectivity index (χ0v) is 17.5. The smallest absolute Gasteiger partial charge is 0.348 e. The van der Waals surface area contributed by atoms with Crippen molar-refractivity contribution in [2.24, 2.45) is 0 Å². The predicted octanol–water partition coefficient (Wildman–Crippen LogP) is 4.35. The third kappa shape index (κ3) is 4.90. The van der Waals surface area contributed by atoms with E-state index in [1.54, 1.807) is 19.9 Å². The molecule has 158 valence electrons. The Bertz CT molecular complexity index is 823. The molecule has 2 aromatic rings. The lowest BCUT2D eigenvalue weighted by Crippen LogP contribution is -2.51. The Hall–Kier alpha value is -1.51. The molecule has 2 heterocycles. The molecule has 10 heteroatoms. The van der Waals surface area contributed by atoms with Crippen LogP contribution in [0.5, 0.6) is 0 Å². The highest BCUT2D eigenvalue weighted by Gasteiger charge is 2.38. The van der Waals surface area contributed by atoms with Gasteiger partial charge in [-0.3, -0.25) is 4.79 Å². The van der Waals surface area contributed by atoms with Gasteiger partial charge in [-0.25, -0.2) is 4.98 Å². The van der Waals surface area contributed by atoms with E-state index in [1.807, 2.05) is 6.92 Å². The number of amides is 1. The number of carbonyl (C=O) groups excluding carboxylic acids is 1. The van der Waals surface area contributed by atoms with Crippen molar-refractivity contribution in [3.63, 3.8) is 0 Å². The summed E-state index contributed by atoms with van der Waals surface area (Å²) in [5.41, 5.74) is 0.863. The van der Waals surface area contributed by atoms with E-state index in [0.29, 0.717) is 11.1 Å². The van der Waals surface area contributed by atoms with Crippen LogP contribution in [0.1, 0.15) is 55.8 Å². The van der Waals surface area contributed by atoms with Crippen LogP contribution in [0.3, 0.4) is 0 Å². The van der Waals surface area contributed by atoms with Crippen LogP contribution >= 0.6 is 24.8 Å². The molecule has 1 aromatic heterocycles. The third-order valence-corrected chi connectivity index (χ3v) is 4.80. The van der Waals surface area contributed by atoms with E-state index in [9.17, 15) is 18.0 Å². The van der Waals surface area contributed by atoms with Gasteiger partial charge in [-0.2, -0.15) is 13.2 Å². The highest BCUT2D eigenvalue weighted by molar-refractivity contribution is 5.97. The zero-order chi connectivity index (χ0) is 19.1. The average molecular weight is 441 g/mol. The molecule has 0 radical (unpaired) electrons. The standard InChI is InChI=1S/C18H23F3N4O.2ClH/c1-10(2)25-15-7-6-12(9-14(15)24-17(25)18(19,20)21)16(26)23-13-5-4-8-22-11(13)3;;/h6-7,9-11,13,22H,4-5,8H2,1-3H3,(H,23,26);2*1H. The number of alkyl halides is 3. The second-order valence-electron chi connectivity index (χ2n) is 7.07. The van der Waals surface area contributed by atoms with E-state index in [0.717, 1.165) is 24.0 Å². The van der Waals surface area contributed by atoms with Crippen LogP contribution in [0.25, 0.3) is 11.0 Å². The molecule has 0 saturated carbocycles. The number of benzene rings is 1. The van der Waals surface area contributed by atoms with Gasteiger partial charge in [0.15, 0.2) is 0 Å². The fraction of sp³-hybridized carbons (Fsp3) is 0.556. The molecule has 5 nitrogen and oxygen atoms in total. The number of rotatable bonds is 3. The SMILES string of the molecule is CC1NCCCC1NC(=O)c1ccc2c(c1)nc(C(F)(F)F)n2C(C)C.Cl.Cl. The number of nitrogens with one attached hydrogen (secondary N) is 2. The Morgan fingerprint density at radius 3 is 2.57 bits per heavy atom. The number of fused-ring (bicyclic) bond motifs is 1. The van der Waals surface area contributed by atoms with Gasteiger partial charge in [-0.05, 0) is 58.4 Å². The number of piperidine rings is 1. The first-order chi connectivity index (χ1) is 12.2. The molecule has 0 aliphatic carbocycles. The average Bonchev–Trinajstić information content (AvgIpc) is 2.96. The van der Waals surface area contributed by atoms with Gasteiger partial charge in [-0.1, -0.05) is 0 Å². The molecule has 1 aliphatic heterocycles. The summed E-state index contributed by atoms with van der Waals surface area (Å²) in [5.74, 6) is -1.23. The first-order valence-electron chi connectivity index (χ1n) is 8.82. The zero-order valence-electron chi connectivity index (χ0n) is 15.8. The molecule has 1 fully saturated rings. The molecular weight excluding hydrogens is 416 g/mol. The van der Waals surface area contributed by atoms with Crippen LogP contribution in [0.2, 0.25) is 0 Å². The van der Waals surface area contributed by atoms with Gasteiger partial charge in [0.1, 0.15) is 0 Å². The van der Waals surface area contributed by atoms with Gasteiger partial charge in [0.25, 0.3) is 5.91 Å². The van der Waals surface area contributed by atoms with Crippen molar-refractivity contribution in [1.82, 2.24) is 20.2 Å². The first-order valence-corrected chi connectivity index (χ1v) is 8.82. The minimum atomic E-state index is -4.55. The lowest BCUT2D eigenvalue weighted by atomic mass is 9.99. The topological polar surface area (TPSA) is 58.9 Å². The summed E-state index contributed by atoms with van der Waals surface area (Å²) in [6.07, 6.45) is -2.70. The van der Waals surface area contributed by atoms with E-state index < -0.39 is 18.0 Å². The van der Waals surface area contributed by atoms with E-state index in [2.05, 4.69) is 15.6 Å². The van der Waals surface area contributed by atoms with Crippen molar-refractivity contribution in [3.8, 4) is 0 Å². The second kappa shape index (κ2) is 9.33. The molecule has 1 aromatic carbocycles. The number of halogens is 5. The van der Waals surface area contributed by atoms with Crippen molar-refractivity contribution in [2.75, 3.05) is 6.54 Å². The van der Waals surface area contributed by atoms with Crippen molar-refractivity contribution < 1.29 is 18.0 Å². The molecule has 1 saturated heterocycles. The van der Waals surface area contributed by atoms with Crippen LogP contribution in [-0.4, -0.2) is 34.1 Å². The minimum absolute atomic E-state index is 0. The van der Waals surface area contributed by atoms with Crippen molar-refractivity contribution >= 4 is 41.8 Å². The number of hydrogen-bond donors (Lipinski definition) is 2. The maximum absolute atomic E-state index is 13.3. The Kier molecular flexibility index (Phi) is 8.17. The summed E-state index contributed by atoms with van der Waals surface area (Å²) < 4.78 is 41.0. The molecule has 28 heavy (non-hydrogen) atoms. The first kappa shape index (κ1) is 24.5. The minimum Gasteiger partial charge on any atom is -0.348 e. The predicted molar refractivity (Wildman–Crippen MR) is 108 cm³/mol. The Morgan fingerprint density at radius 1 is 1.32 bits per heavy atom.